The Labute approximate surface area is 338 Å². The van der Waals surface area contributed by atoms with E-state index in [1.165, 1.54) is 31.6 Å². The summed E-state index contributed by atoms with van der Waals surface area (Å²) >= 11 is 6.61. The molecule has 12 nitrogen and oxygen atoms in total. The van der Waals surface area contributed by atoms with Gasteiger partial charge in [0, 0.05) is 49.0 Å². The third kappa shape index (κ3) is 8.11. The number of carbonyl (C=O) groups excluding carboxylic acids is 1. The second kappa shape index (κ2) is 15.4. The monoisotopic (exact) mass is 857 g/mol. The molecule has 20 heteroatoms. The maximum Gasteiger partial charge on any atom is 0.292 e. The summed E-state index contributed by atoms with van der Waals surface area (Å²) in [5.74, 6) is -3.05. The lowest BCUT2D eigenvalue weighted by molar-refractivity contribution is -0.123. The average molecular weight is 858 g/mol. The molecule has 0 radical (unpaired) electrons. The topological polar surface area (TPSA) is 142 Å². The standard InChI is InChI=1S/C39H34ClF6N9O3S/c1-19-20(2)39(45,46)36-31(19)34(37(43)44)50-55(36)17-30(56)49-29(14-21-12-22(41)15-23(42)13-21)33-26(9-8-24(48-33)6-7-25-16-53(3)18-47-25)27-10-11-28(40)32-35(27)54(4)51-38(32)52-59(5,57)58/h8-13,15-16,18-20,29,37H,14,17H2,1-5H3,(H,49,56)(H,51,52)/t19-,20+,29-/m0/s1. The first-order valence-electron chi connectivity index (χ1n) is 17.9. The predicted molar refractivity (Wildman–Crippen MR) is 206 cm³/mol. The van der Waals surface area contributed by atoms with Crippen LogP contribution in [0.2, 0.25) is 5.02 Å². The lowest BCUT2D eigenvalue weighted by Gasteiger charge is -2.23. The van der Waals surface area contributed by atoms with Gasteiger partial charge in [-0.15, -0.1) is 0 Å². The largest absolute Gasteiger partial charge is 0.346 e. The van der Waals surface area contributed by atoms with Gasteiger partial charge < -0.3 is 9.88 Å². The quantitative estimate of drug-likeness (QED) is 0.110. The molecule has 0 saturated carbocycles. The molecule has 1 aliphatic rings. The predicted octanol–water partition coefficient (Wildman–Crippen LogP) is 7.15. The Morgan fingerprint density at radius 1 is 0.983 bits per heavy atom. The summed E-state index contributed by atoms with van der Waals surface area (Å²) in [6, 6.07) is 7.68. The number of hydrogen-bond donors (Lipinski definition) is 2. The molecule has 0 aliphatic heterocycles. The number of pyridine rings is 1. The highest BCUT2D eigenvalue weighted by atomic mass is 35.5. The van der Waals surface area contributed by atoms with Gasteiger partial charge in [-0.25, -0.2) is 35.9 Å². The van der Waals surface area contributed by atoms with Crippen molar-refractivity contribution in [3.8, 4) is 23.0 Å². The number of alkyl halides is 4. The van der Waals surface area contributed by atoms with Gasteiger partial charge in [-0.2, -0.15) is 19.0 Å². The highest BCUT2D eigenvalue weighted by molar-refractivity contribution is 7.92. The molecular weight excluding hydrogens is 824 g/mol. The van der Waals surface area contributed by atoms with Crippen molar-refractivity contribution in [2.75, 3.05) is 11.0 Å². The van der Waals surface area contributed by atoms with Gasteiger partial charge >= 0.3 is 0 Å². The molecule has 0 unspecified atom stereocenters. The first kappa shape index (κ1) is 41.3. The van der Waals surface area contributed by atoms with Crippen LogP contribution in [0.3, 0.4) is 0 Å². The molecule has 3 atom stereocenters. The fourth-order valence-electron chi connectivity index (χ4n) is 7.39. The van der Waals surface area contributed by atoms with Gasteiger partial charge in [-0.1, -0.05) is 31.5 Å². The number of aromatic nitrogens is 7. The van der Waals surface area contributed by atoms with Crippen LogP contribution in [0.1, 0.15) is 71.8 Å². The van der Waals surface area contributed by atoms with Crippen LogP contribution in [0.5, 0.6) is 0 Å². The molecule has 0 spiro atoms. The van der Waals surface area contributed by atoms with E-state index in [0.717, 1.165) is 18.4 Å². The van der Waals surface area contributed by atoms with E-state index < -0.39 is 75.7 Å². The van der Waals surface area contributed by atoms with Gasteiger partial charge in [0.15, 0.2) is 5.82 Å². The number of hydrogen-bond acceptors (Lipinski definition) is 7. The minimum atomic E-state index is -3.83. The summed E-state index contributed by atoms with van der Waals surface area (Å²) in [7, 11) is -0.538. The van der Waals surface area contributed by atoms with E-state index in [4.69, 9.17) is 16.6 Å². The summed E-state index contributed by atoms with van der Waals surface area (Å²) in [6.45, 7) is 1.69. The Bertz CT molecular complexity index is 2810. The third-order valence-electron chi connectivity index (χ3n) is 10.1. The molecule has 2 aromatic carbocycles. The van der Waals surface area contributed by atoms with E-state index >= 15 is 8.78 Å². The number of rotatable bonds is 10. The highest BCUT2D eigenvalue weighted by Crippen LogP contribution is 2.54. The van der Waals surface area contributed by atoms with Crippen molar-refractivity contribution in [3.63, 3.8) is 0 Å². The fourth-order valence-corrected chi connectivity index (χ4v) is 8.13. The minimum Gasteiger partial charge on any atom is -0.346 e. The van der Waals surface area contributed by atoms with Gasteiger partial charge in [0.1, 0.15) is 41.0 Å². The molecule has 0 fully saturated rings. The zero-order valence-electron chi connectivity index (χ0n) is 31.8. The number of anilines is 1. The molecule has 308 valence electrons. The number of benzene rings is 2. The average Bonchev–Trinajstić information content (AvgIpc) is 3.87. The van der Waals surface area contributed by atoms with Crippen molar-refractivity contribution >= 4 is 44.3 Å². The molecule has 4 heterocycles. The maximum absolute atomic E-state index is 15.6. The summed E-state index contributed by atoms with van der Waals surface area (Å²) in [4.78, 5) is 23.0. The number of aryl methyl sites for hydroxylation is 2. The number of halogens is 7. The van der Waals surface area contributed by atoms with E-state index in [1.807, 2.05) is 0 Å². The molecule has 2 N–H and O–H groups in total. The number of nitrogens with one attached hydrogen (secondary N) is 2. The third-order valence-corrected chi connectivity index (χ3v) is 11.0. The van der Waals surface area contributed by atoms with Crippen LogP contribution < -0.4 is 10.0 Å². The number of fused-ring (bicyclic) bond motifs is 2. The van der Waals surface area contributed by atoms with Gasteiger partial charge in [0.05, 0.1) is 40.2 Å². The fraction of sp³-hybridized carbons (Fsp3) is 0.308. The maximum atomic E-state index is 15.6. The van der Waals surface area contributed by atoms with E-state index in [0.29, 0.717) is 33.1 Å². The lowest BCUT2D eigenvalue weighted by Crippen LogP contribution is -2.35. The molecule has 0 saturated heterocycles. The zero-order chi connectivity index (χ0) is 42.7. The second-order valence-electron chi connectivity index (χ2n) is 14.4. The molecular formula is C39H34ClF6N9O3S. The summed E-state index contributed by atoms with van der Waals surface area (Å²) in [5.41, 5.74) is -0.329. The second-order valence-corrected chi connectivity index (χ2v) is 16.5. The SMILES string of the molecule is C[C@@H]1c2c(C(F)F)nn(CC(=O)N[C@@H](Cc3cc(F)cc(F)c3)c3nc(C#Cc4cn(C)cn4)ccc3-c3ccc(Cl)c4c(NS(C)(=O)=O)nn(C)c34)c2C(F)(F)[C@@H]1C. The first-order valence-corrected chi connectivity index (χ1v) is 20.1. The van der Waals surface area contributed by atoms with Crippen molar-refractivity contribution in [3.05, 3.63) is 111 Å². The van der Waals surface area contributed by atoms with Crippen molar-refractivity contribution in [1.82, 2.24) is 39.4 Å². The zero-order valence-corrected chi connectivity index (χ0v) is 33.4. The number of sulfonamides is 1. The van der Waals surface area contributed by atoms with Gasteiger partial charge in [-0.05, 0) is 60.1 Å². The van der Waals surface area contributed by atoms with Crippen molar-refractivity contribution in [2.24, 2.45) is 20.0 Å². The minimum absolute atomic E-state index is 0.0566. The van der Waals surface area contributed by atoms with Crippen molar-refractivity contribution < 1.29 is 39.6 Å². The number of imidazole rings is 1. The molecule has 4 aromatic heterocycles. The van der Waals surface area contributed by atoms with Crippen LogP contribution in [0.4, 0.5) is 32.2 Å². The highest BCUT2D eigenvalue weighted by Gasteiger charge is 2.55. The number of carbonyl (C=O) groups is 1. The summed E-state index contributed by atoms with van der Waals surface area (Å²) in [5, 5.41) is 11.2. The molecule has 59 heavy (non-hydrogen) atoms. The van der Waals surface area contributed by atoms with Crippen LogP contribution in [0.15, 0.2) is 55.0 Å². The molecule has 7 rings (SSSR count). The lowest BCUT2D eigenvalue weighted by atomic mass is 9.93. The Morgan fingerprint density at radius 2 is 1.66 bits per heavy atom. The molecule has 0 bridgehead atoms. The van der Waals surface area contributed by atoms with Gasteiger partial charge in [0.25, 0.3) is 12.3 Å². The molecule has 6 aromatic rings. The normalized spacial score (nSPS) is 16.6. The number of amides is 1. The van der Waals surface area contributed by atoms with Crippen molar-refractivity contribution in [1.29, 1.82) is 0 Å². The Balaban J connectivity index is 1.40. The van der Waals surface area contributed by atoms with Crippen molar-refractivity contribution in [2.45, 2.75) is 51.1 Å². The molecule has 1 amide bonds. The Morgan fingerprint density at radius 3 is 2.31 bits per heavy atom. The molecule has 1 aliphatic carbocycles. The van der Waals surface area contributed by atoms with E-state index in [1.54, 1.807) is 42.3 Å². The first-order chi connectivity index (χ1) is 27.7. The van der Waals surface area contributed by atoms with Crippen LogP contribution >= 0.6 is 11.6 Å². The van der Waals surface area contributed by atoms with Crippen LogP contribution in [0.25, 0.3) is 22.0 Å². The smallest absolute Gasteiger partial charge is 0.292 e. The van der Waals surface area contributed by atoms with Crippen LogP contribution in [-0.4, -0.2) is 54.7 Å². The summed E-state index contributed by atoms with van der Waals surface area (Å²) in [6.07, 6.45) is 0.609. The van der Waals surface area contributed by atoms with E-state index in [2.05, 4.69) is 37.1 Å². The summed E-state index contributed by atoms with van der Waals surface area (Å²) < 4.78 is 119. The van der Waals surface area contributed by atoms with E-state index in [9.17, 15) is 30.8 Å². The Hall–Kier alpha value is -5.87. The van der Waals surface area contributed by atoms with Gasteiger partial charge in [0.2, 0.25) is 15.9 Å². The van der Waals surface area contributed by atoms with Gasteiger partial charge in [-0.3, -0.25) is 18.9 Å². The Kier molecular flexibility index (Phi) is 10.8. The van der Waals surface area contributed by atoms with Crippen LogP contribution in [0, 0.1) is 29.4 Å². The van der Waals surface area contributed by atoms with E-state index in [-0.39, 0.29) is 45.2 Å². The van der Waals surface area contributed by atoms with Crippen LogP contribution in [-0.2, 0) is 47.8 Å². The number of nitrogens with zero attached hydrogens (tertiary/aromatic N) is 7.